The average molecular weight is 177 g/mol. The Kier molecular flexibility index (Phi) is 3.47. The first-order chi connectivity index (χ1) is 6.15. The van der Waals surface area contributed by atoms with Crippen LogP contribution in [0.3, 0.4) is 0 Å². The van der Waals surface area contributed by atoms with Crippen LogP contribution in [0, 0.1) is 0 Å². The zero-order valence-electron chi connectivity index (χ0n) is 9.15. The minimum absolute atomic E-state index is 1.13. The molecule has 0 fully saturated rings. The van der Waals surface area contributed by atoms with E-state index in [1.807, 2.05) is 0 Å². The highest BCUT2D eigenvalue weighted by molar-refractivity contribution is 5.98. The van der Waals surface area contributed by atoms with Crippen LogP contribution >= 0.6 is 0 Å². The van der Waals surface area contributed by atoms with Crippen molar-refractivity contribution in [2.75, 3.05) is 0 Å². The van der Waals surface area contributed by atoms with Crippen molar-refractivity contribution in [1.82, 2.24) is 0 Å². The molecule has 1 heterocycles. The summed E-state index contributed by atoms with van der Waals surface area (Å²) < 4.78 is 0. The molecule has 0 aromatic rings. The van der Waals surface area contributed by atoms with E-state index in [1.54, 1.807) is 0 Å². The molecule has 1 heteroatoms. The lowest BCUT2D eigenvalue weighted by Gasteiger charge is -2.11. The van der Waals surface area contributed by atoms with Crippen molar-refractivity contribution in [1.29, 1.82) is 0 Å². The lowest BCUT2D eigenvalue weighted by atomic mass is 10.0. The van der Waals surface area contributed by atoms with Crippen molar-refractivity contribution < 1.29 is 0 Å². The molecule has 0 spiro atoms. The molecule has 1 nitrogen and oxygen atoms in total. The van der Waals surface area contributed by atoms with Gasteiger partial charge >= 0.3 is 0 Å². The molecular formula is C12H19N. The predicted octanol–water partition coefficient (Wildman–Crippen LogP) is 3.87. The van der Waals surface area contributed by atoms with Crippen LogP contribution in [0.2, 0.25) is 0 Å². The molecule has 13 heavy (non-hydrogen) atoms. The lowest BCUT2D eigenvalue weighted by Crippen LogP contribution is -1.99. The smallest absolute Gasteiger partial charge is 0.0401 e. The van der Waals surface area contributed by atoms with E-state index in [4.69, 9.17) is 0 Å². The summed E-state index contributed by atoms with van der Waals surface area (Å²) in [5.74, 6) is 0. The van der Waals surface area contributed by atoms with Gasteiger partial charge in [0.15, 0.2) is 0 Å². The van der Waals surface area contributed by atoms with Crippen LogP contribution in [0.15, 0.2) is 27.9 Å². The number of nitrogens with zero attached hydrogens (tertiary/aromatic N) is 1. The maximum Gasteiger partial charge on any atom is 0.0401 e. The molecule has 0 unspecified atom stereocenters. The molecule has 0 saturated carbocycles. The highest BCUT2D eigenvalue weighted by Crippen LogP contribution is 2.20. The Hall–Kier alpha value is -0.850. The quantitative estimate of drug-likeness (QED) is 0.576. The van der Waals surface area contributed by atoms with E-state index in [1.165, 1.54) is 35.4 Å². The molecule has 0 N–H and O–H groups in total. The SMILES string of the molecule is CC/C1=C(C)/N=C(C)/C(C)=C\CC1. The van der Waals surface area contributed by atoms with E-state index >= 15 is 0 Å². The van der Waals surface area contributed by atoms with Crippen LogP contribution in [0.4, 0.5) is 0 Å². The second-order valence-corrected chi connectivity index (χ2v) is 3.67. The van der Waals surface area contributed by atoms with Crippen LogP contribution in [0.25, 0.3) is 0 Å². The van der Waals surface area contributed by atoms with E-state index in [2.05, 4.69) is 38.8 Å². The van der Waals surface area contributed by atoms with Crippen molar-refractivity contribution in [3.8, 4) is 0 Å². The van der Waals surface area contributed by atoms with E-state index < -0.39 is 0 Å². The first-order valence-electron chi connectivity index (χ1n) is 5.06. The Morgan fingerprint density at radius 1 is 1.31 bits per heavy atom. The van der Waals surface area contributed by atoms with Crippen LogP contribution in [0.5, 0.6) is 0 Å². The summed E-state index contributed by atoms with van der Waals surface area (Å²) in [4.78, 5) is 4.60. The van der Waals surface area contributed by atoms with E-state index in [9.17, 15) is 0 Å². The molecule has 1 aliphatic heterocycles. The fourth-order valence-corrected chi connectivity index (χ4v) is 1.64. The Bertz CT molecular complexity index is 279. The van der Waals surface area contributed by atoms with E-state index in [0.29, 0.717) is 0 Å². The minimum atomic E-state index is 1.13. The van der Waals surface area contributed by atoms with Gasteiger partial charge in [0.25, 0.3) is 0 Å². The maximum absolute atomic E-state index is 4.60. The molecule has 0 atom stereocenters. The average Bonchev–Trinajstić information content (AvgIpc) is 2.10. The first-order valence-corrected chi connectivity index (χ1v) is 5.06. The molecule has 0 saturated heterocycles. The van der Waals surface area contributed by atoms with Crippen molar-refractivity contribution in [3.05, 3.63) is 22.9 Å². The van der Waals surface area contributed by atoms with Gasteiger partial charge in [-0.3, -0.25) is 4.99 Å². The molecular weight excluding hydrogens is 158 g/mol. The van der Waals surface area contributed by atoms with Gasteiger partial charge in [-0.25, -0.2) is 0 Å². The third-order valence-corrected chi connectivity index (χ3v) is 2.74. The third-order valence-electron chi connectivity index (χ3n) is 2.74. The molecule has 1 aliphatic rings. The summed E-state index contributed by atoms with van der Waals surface area (Å²) >= 11 is 0. The molecule has 0 aromatic carbocycles. The van der Waals surface area contributed by atoms with E-state index in [-0.39, 0.29) is 0 Å². The first kappa shape index (κ1) is 10.2. The van der Waals surface area contributed by atoms with E-state index in [0.717, 1.165) is 6.42 Å². The number of hydrogen-bond acceptors (Lipinski definition) is 1. The van der Waals surface area contributed by atoms with Gasteiger partial charge in [-0.1, -0.05) is 13.0 Å². The number of hydrogen-bond donors (Lipinski definition) is 0. The summed E-state index contributed by atoms with van der Waals surface area (Å²) in [5, 5.41) is 0. The molecule has 0 aliphatic carbocycles. The third kappa shape index (κ3) is 2.55. The van der Waals surface area contributed by atoms with Crippen molar-refractivity contribution in [2.24, 2.45) is 4.99 Å². The van der Waals surface area contributed by atoms with Crippen molar-refractivity contribution in [3.63, 3.8) is 0 Å². The number of allylic oxidation sites excluding steroid dienone is 4. The Morgan fingerprint density at radius 3 is 2.62 bits per heavy atom. The fraction of sp³-hybridized carbons (Fsp3) is 0.583. The zero-order valence-corrected chi connectivity index (χ0v) is 9.15. The summed E-state index contributed by atoms with van der Waals surface area (Å²) in [6.07, 6.45) is 5.77. The lowest BCUT2D eigenvalue weighted by molar-refractivity contribution is 0.873. The number of aliphatic imine (C=N–C) groups is 1. The highest BCUT2D eigenvalue weighted by Gasteiger charge is 2.04. The van der Waals surface area contributed by atoms with Crippen LogP contribution in [-0.4, -0.2) is 5.71 Å². The Balaban J connectivity index is 3.01. The van der Waals surface area contributed by atoms with Gasteiger partial charge in [0.1, 0.15) is 0 Å². The van der Waals surface area contributed by atoms with Gasteiger partial charge in [0.2, 0.25) is 0 Å². The van der Waals surface area contributed by atoms with Crippen molar-refractivity contribution >= 4 is 5.71 Å². The molecule has 1 rings (SSSR count). The van der Waals surface area contributed by atoms with Crippen LogP contribution in [0.1, 0.15) is 47.0 Å². The largest absolute Gasteiger partial charge is 0.258 e. The monoisotopic (exact) mass is 177 g/mol. The normalized spacial score (nSPS) is 32.6. The zero-order chi connectivity index (χ0) is 9.84. The van der Waals surface area contributed by atoms with Gasteiger partial charge in [-0.05, 0) is 51.2 Å². The standard InChI is InChI=1S/C12H19N/c1-5-12-8-6-7-9(2)10(3)13-11(12)4/h7H,5-6,8H2,1-4H3/b9-7-,12-11-,13-10+. The highest BCUT2D eigenvalue weighted by atomic mass is 14.8. The topological polar surface area (TPSA) is 12.4 Å². The minimum Gasteiger partial charge on any atom is -0.258 e. The van der Waals surface area contributed by atoms with Crippen LogP contribution in [-0.2, 0) is 0 Å². The second kappa shape index (κ2) is 4.40. The van der Waals surface area contributed by atoms with Crippen molar-refractivity contribution in [2.45, 2.75) is 47.0 Å². The maximum atomic E-state index is 4.60. The predicted molar refractivity (Wildman–Crippen MR) is 59.1 cm³/mol. The van der Waals surface area contributed by atoms with Gasteiger partial charge < -0.3 is 0 Å². The summed E-state index contributed by atoms with van der Waals surface area (Å²) in [5.41, 5.74) is 5.23. The molecule has 0 bridgehead atoms. The Morgan fingerprint density at radius 2 is 2.00 bits per heavy atom. The summed E-state index contributed by atoms with van der Waals surface area (Å²) in [6, 6.07) is 0. The second-order valence-electron chi connectivity index (χ2n) is 3.67. The van der Waals surface area contributed by atoms with Gasteiger partial charge in [-0.2, -0.15) is 0 Å². The molecule has 72 valence electrons. The van der Waals surface area contributed by atoms with Gasteiger partial charge in [0.05, 0.1) is 0 Å². The molecule has 0 aromatic heterocycles. The summed E-state index contributed by atoms with van der Waals surface area (Å²) in [7, 11) is 0. The Labute approximate surface area is 81.3 Å². The number of rotatable bonds is 1. The fourth-order valence-electron chi connectivity index (χ4n) is 1.64. The molecule has 0 radical (unpaired) electrons. The van der Waals surface area contributed by atoms with Gasteiger partial charge in [-0.15, -0.1) is 0 Å². The molecule has 0 amide bonds. The summed E-state index contributed by atoms with van der Waals surface area (Å²) in [6.45, 7) is 8.57. The van der Waals surface area contributed by atoms with Crippen LogP contribution < -0.4 is 0 Å². The van der Waals surface area contributed by atoms with Gasteiger partial charge in [0, 0.05) is 11.4 Å².